The molecular weight excluding hydrogens is 388 g/mol. The van der Waals surface area contributed by atoms with Gasteiger partial charge in [0, 0.05) is 19.7 Å². The average molecular weight is 413 g/mol. The molecule has 0 bridgehead atoms. The summed E-state index contributed by atoms with van der Waals surface area (Å²) in [5, 5.41) is 7.39. The molecule has 2 aromatic carbocycles. The second-order valence-electron chi connectivity index (χ2n) is 6.92. The molecular formula is C21H24N4O3S. The molecule has 0 aliphatic heterocycles. The minimum atomic E-state index is -3.32. The molecule has 8 heteroatoms. The van der Waals surface area contributed by atoms with Gasteiger partial charge in [0.05, 0.1) is 23.7 Å². The van der Waals surface area contributed by atoms with Crippen molar-refractivity contribution in [2.75, 3.05) is 17.6 Å². The molecule has 0 radical (unpaired) electrons. The maximum atomic E-state index is 12.7. The standard InChI is InChI=1S/C21H24N4O3S/c1-15(16-10-12-18(13-11-16)25(3)29(4,27)28)22-21(26)20-14-19(23-24(20)2)17-8-6-5-7-9-17/h5-15H,1-4H3,(H,22,26). The van der Waals surface area contributed by atoms with E-state index < -0.39 is 10.0 Å². The maximum Gasteiger partial charge on any atom is 0.270 e. The first-order valence-corrected chi connectivity index (χ1v) is 11.0. The Bertz CT molecular complexity index is 1110. The summed E-state index contributed by atoms with van der Waals surface area (Å²) in [7, 11) is -0.0753. The molecule has 1 unspecified atom stereocenters. The predicted molar refractivity (Wildman–Crippen MR) is 114 cm³/mol. The van der Waals surface area contributed by atoms with Crippen LogP contribution in [-0.2, 0) is 17.1 Å². The number of amides is 1. The molecule has 0 saturated heterocycles. The number of nitrogens with zero attached hydrogens (tertiary/aromatic N) is 3. The summed E-state index contributed by atoms with van der Waals surface area (Å²) >= 11 is 0. The van der Waals surface area contributed by atoms with Gasteiger partial charge in [0.25, 0.3) is 5.91 Å². The minimum absolute atomic E-state index is 0.230. The van der Waals surface area contributed by atoms with E-state index in [1.54, 1.807) is 42.1 Å². The van der Waals surface area contributed by atoms with Gasteiger partial charge in [-0.15, -0.1) is 0 Å². The Labute approximate surface area is 171 Å². The van der Waals surface area contributed by atoms with Crippen molar-refractivity contribution in [1.82, 2.24) is 15.1 Å². The molecule has 152 valence electrons. The van der Waals surface area contributed by atoms with Crippen LogP contribution in [0.3, 0.4) is 0 Å². The van der Waals surface area contributed by atoms with E-state index in [4.69, 9.17) is 0 Å². The van der Waals surface area contributed by atoms with Crippen molar-refractivity contribution < 1.29 is 13.2 Å². The molecule has 1 atom stereocenters. The Hall–Kier alpha value is -3.13. The van der Waals surface area contributed by atoms with Crippen LogP contribution in [0.2, 0.25) is 0 Å². The van der Waals surface area contributed by atoms with E-state index in [0.717, 1.165) is 23.1 Å². The van der Waals surface area contributed by atoms with E-state index in [0.29, 0.717) is 11.4 Å². The van der Waals surface area contributed by atoms with Gasteiger partial charge in [-0.2, -0.15) is 5.10 Å². The molecule has 0 aliphatic rings. The van der Waals surface area contributed by atoms with Crippen molar-refractivity contribution in [2.45, 2.75) is 13.0 Å². The Kier molecular flexibility index (Phi) is 5.74. The number of sulfonamides is 1. The fourth-order valence-corrected chi connectivity index (χ4v) is 3.45. The summed E-state index contributed by atoms with van der Waals surface area (Å²) in [5.41, 5.74) is 3.58. The number of aryl methyl sites for hydroxylation is 1. The van der Waals surface area contributed by atoms with Gasteiger partial charge in [-0.1, -0.05) is 42.5 Å². The quantitative estimate of drug-likeness (QED) is 0.675. The zero-order valence-electron chi connectivity index (χ0n) is 16.8. The van der Waals surface area contributed by atoms with E-state index in [2.05, 4.69) is 10.4 Å². The molecule has 1 heterocycles. The third-order valence-electron chi connectivity index (χ3n) is 4.78. The van der Waals surface area contributed by atoms with E-state index >= 15 is 0 Å². The number of anilines is 1. The average Bonchev–Trinajstić information content (AvgIpc) is 3.09. The zero-order valence-corrected chi connectivity index (χ0v) is 17.6. The largest absolute Gasteiger partial charge is 0.344 e. The summed E-state index contributed by atoms with van der Waals surface area (Å²) in [6.07, 6.45) is 1.15. The third kappa shape index (κ3) is 4.65. The van der Waals surface area contributed by atoms with Crippen LogP contribution in [0.25, 0.3) is 11.3 Å². The van der Waals surface area contributed by atoms with Crippen LogP contribution < -0.4 is 9.62 Å². The molecule has 1 aromatic heterocycles. The second kappa shape index (κ2) is 8.08. The Morgan fingerprint density at radius 2 is 1.72 bits per heavy atom. The lowest BCUT2D eigenvalue weighted by Gasteiger charge is -2.19. The van der Waals surface area contributed by atoms with Crippen molar-refractivity contribution in [3.63, 3.8) is 0 Å². The highest BCUT2D eigenvalue weighted by molar-refractivity contribution is 7.92. The third-order valence-corrected chi connectivity index (χ3v) is 5.99. The lowest BCUT2D eigenvalue weighted by Crippen LogP contribution is -2.28. The van der Waals surface area contributed by atoms with E-state index in [1.807, 2.05) is 37.3 Å². The highest BCUT2D eigenvalue weighted by atomic mass is 32.2. The number of aromatic nitrogens is 2. The molecule has 0 fully saturated rings. The highest BCUT2D eigenvalue weighted by Gasteiger charge is 2.18. The Balaban J connectivity index is 1.73. The van der Waals surface area contributed by atoms with Crippen LogP contribution in [0, 0.1) is 0 Å². The van der Waals surface area contributed by atoms with E-state index in [-0.39, 0.29) is 11.9 Å². The number of carbonyl (C=O) groups excluding carboxylic acids is 1. The van der Waals surface area contributed by atoms with Gasteiger partial charge in [0.15, 0.2) is 0 Å². The van der Waals surface area contributed by atoms with Gasteiger partial charge >= 0.3 is 0 Å². The Morgan fingerprint density at radius 1 is 1.10 bits per heavy atom. The van der Waals surface area contributed by atoms with Crippen LogP contribution in [0.15, 0.2) is 60.7 Å². The van der Waals surface area contributed by atoms with Crippen LogP contribution in [0.5, 0.6) is 0 Å². The molecule has 0 aliphatic carbocycles. The maximum absolute atomic E-state index is 12.7. The normalized spacial score (nSPS) is 12.4. The summed E-state index contributed by atoms with van der Waals surface area (Å²) in [6.45, 7) is 1.88. The molecule has 3 rings (SSSR count). The summed E-state index contributed by atoms with van der Waals surface area (Å²) in [6, 6.07) is 18.2. The molecule has 29 heavy (non-hydrogen) atoms. The SMILES string of the molecule is CC(NC(=O)c1cc(-c2ccccc2)nn1C)c1ccc(N(C)S(C)(=O)=O)cc1. The lowest BCUT2D eigenvalue weighted by molar-refractivity contribution is 0.0930. The highest BCUT2D eigenvalue weighted by Crippen LogP contribution is 2.21. The number of benzene rings is 2. The van der Waals surface area contributed by atoms with Crippen molar-refractivity contribution >= 4 is 21.6 Å². The first kappa shape index (κ1) is 20.6. The monoisotopic (exact) mass is 412 g/mol. The van der Waals surface area contributed by atoms with E-state index in [9.17, 15) is 13.2 Å². The number of hydrogen-bond acceptors (Lipinski definition) is 4. The van der Waals surface area contributed by atoms with Crippen molar-refractivity contribution in [2.24, 2.45) is 7.05 Å². The summed E-state index contributed by atoms with van der Waals surface area (Å²) in [5.74, 6) is -0.230. The summed E-state index contributed by atoms with van der Waals surface area (Å²) < 4.78 is 26.1. The molecule has 0 spiro atoms. The van der Waals surface area contributed by atoms with Gasteiger partial charge in [-0.25, -0.2) is 8.42 Å². The van der Waals surface area contributed by atoms with E-state index in [1.165, 1.54) is 11.4 Å². The van der Waals surface area contributed by atoms with Gasteiger partial charge in [0.2, 0.25) is 10.0 Å². The zero-order chi connectivity index (χ0) is 21.2. The van der Waals surface area contributed by atoms with Crippen molar-refractivity contribution in [1.29, 1.82) is 0 Å². The van der Waals surface area contributed by atoms with Crippen molar-refractivity contribution in [3.05, 3.63) is 71.9 Å². The van der Waals surface area contributed by atoms with Crippen LogP contribution in [0.1, 0.15) is 29.0 Å². The fourth-order valence-electron chi connectivity index (χ4n) is 2.95. The predicted octanol–water partition coefficient (Wildman–Crippen LogP) is 2.97. The molecule has 0 saturated carbocycles. The van der Waals surface area contributed by atoms with Gasteiger partial charge < -0.3 is 5.32 Å². The van der Waals surface area contributed by atoms with Crippen LogP contribution in [-0.4, -0.2) is 37.4 Å². The van der Waals surface area contributed by atoms with Gasteiger partial charge in [-0.3, -0.25) is 13.8 Å². The topological polar surface area (TPSA) is 84.3 Å². The second-order valence-corrected chi connectivity index (χ2v) is 8.94. The first-order chi connectivity index (χ1) is 13.7. The molecule has 1 N–H and O–H groups in total. The van der Waals surface area contributed by atoms with Gasteiger partial charge in [-0.05, 0) is 30.7 Å². The van der Waals surface area contributed by atoms with Crippen LogP contribution >= 0.6 is 0 Å². The molecule has 7 nitrogen and oxygen atoms in total. The smallest absolute Gasteiger partial charge is 0.270 e. The minimum Gasteiger partial charge on any atom is -0.344 e. The molecule has 3 aromatic rings. The lowest BCUT2D eigenvalue weighted by atomic mass is 10.1. The summed E-state index contributed by atoms with van der Waals surface area (Å²) in [4.78, 5) is 12.7. The number of carbonyl (C=O) groups is 1. The number of nitrogens with one attached hydrogen (secondary N) is 1. The molecule has 1 amide bonds. The van der Waals surface area contributed by atoms with Crippen LogP contribution in [0.4, 0.5) is 5.69 Å². The van der Waals surface area contributed by atoms with Crippen molar-refractivity contribution in [3.8, 4) is 11.3 Å². The van der Waals surface area contributed by atoms with Gasteiger partial charge in [0.1, 0.15) is 5.69 Å². The first-order valence-electron chi connectivity index (χ1n) is 9.11. The fraction of sp³-hybridized carbons (Fsp3) is 0.238. The number of hydrogen-bond donors (Lipinski definition) is 1. The Morgan fingerprint density at radius 3 is 2.31 bits per heavy atom. The number of rotatable bonds is 6.